The van der Waals surface area contributed by atoms with E-state index in [1.807, 2.05) is 6.07 Å². The van der Waals surface area contributed by atoms with Crippen LogP contribution >= 0.6 is 0 Å². The Bertz CT molecular complexity index is 842. The van der Waals surface area contributed by atoms with Crippen LogP contribution in [-0.4, -0.2) is 20.8 Å². The van der Waals surface area contributed by atoms with Gasteiger partial charge >= 0.3 is 0 Å². The first-order valence-corrected chi connectivity index (χ1v) is 6.60. The van der Waals surface area contributed by atoms with E-state index in [4.69, 9.17) is 0 Å². The number of aromatic amines is 1. The van der Waals surface area contributed by atoms with E-state index in [2.05, 4.69) is 15.3 Å². The highest BCUT2D eigenvalue weighted by atomic mass is 16.6. The fourth-order valence-electron chi connectivity index (χ4n) is 2.10. The van der Waals surface area contributed by atoms with Crippen LogP contribution < -0.4 is 5.32 Å². The molecule has 110 valence electrons. The second-order valence-corrected chi connectivity index (χ2v) is 4.69. The predicted octanol–water partition coefficient (Wildman–Crippen LogP) is 2.40. The lowest BCUT2D eigenvalue weighted by molar-refractivity contribution is -0.384. The van der Waals surface area contributed by atoms with E-state index in [9.17, 15) is 14.9 Å². The zero-order chi connectivity index (χ0) is 15.5. The molecule has 0 bridgehead atoms. The number of hydrogen-bond donors (Lipinski definition) is 2. The molecule has 0 aliphatic carbocycles. The Morgan fingerprint density at radius 3 is 2.73 bits per heavy atom. The quantitative estimate of drug-likeness (QED) is 0.570. The van der Waals surface area contributed by atoms with E-state index < -0.39 is 4.92 Å². The zero-order valence-electron chi connectivity index (χ0n) is 11.4. The molecule has 1 amide bonds. The van der Waals surface area contributed by atoms with Crippen molar-refractivity contribution < 1.29 is 9.72 Å². The number of imidazole rings is 1. The van der Waals surface area contributed by atoms with Crippen molar-refractivity contribution in [1.29, 1.82) is 0 Å². The number of amides is 1. The smallest absolute Gasteiger partial charge is 0.271 e. The molecule has 3 aromatic rings. The number of nitrogens with one attached hydrogen (secondary N) is 2. The SMILES string of the molecule is O=C(NCc1nc2ccc([N+](=O)[O-])cc2[nH]1)c1ccccc1. The van der Waals surface area contributed by atoms with Gasteiger partial charge < -0.3 is 10.3 Å². The molecule has 0 spiro atoms. The first-order valence-electron chi connectivity index (χ1n) is 6.60. The molecule has 0 saturated heterocycles. The molecular formula is C15H12N4O3. The molecule has 1 heterocycles. The average molecular weight is 296 g/mol. The first kappa shape index (κ1) is 13.7. The third-order valence-corrected chi connectivity index (χ3v) is 3.18. The van der Waals surface area contributed by atoms with Gasteiger partial charge in [0.05, 0.1) is 22.5 Å². The summed E-state index contributed by atoms with van der Waals surface area (Å²) < 4.78 is 0. The Kier molecular flexibility index (Phi) is 3.53. The van der Waals surface area contributed by atoms with Crippen LogP contribution in [0, 0.1) is 10.1 Å². The van der Waals surface area contributed by atoms with Gasteiger partial charge in [-0.25, -0.2) is 4.98 Å². The summed E-state index contributed by atoms with van der Waals surface area (Å²) >= 11 is 0. The lowest BCUT2D eigenvalue weighted by atomic mass is 10.2. The van der Waals surface area contributed by atoms with Crippen molar-refractivity contribution in [3.63, 3.8) is 0 Å². The van der Waals surface area contributed by atoms with E-state index in [0.717, 1.165) is 0 Å². The predicted molar refractivity (Wildman–Crippen MR) is 80.4 cm³/mol. The molecule has 0 radical (unpaired) electrons. The lowest BCUT2D eigenvalue weighted by Gasteiger charge is -2.02. The zero-order valence-corrected chi connectivity index (χ0v) is 11.4. The summed E-state index contributed by atoms with van der Waals surface area (Å²) in [4.78, 5) is 29.5. The Hall–Kier alpha value is -3.22. The van der Waals surface area contributed by atoms with Crippen molar-refractivity contribution in [1.82, 2.24) is 15.3 Å². The molecular weight excluding hydrogens is 284 g/mol. The minimum Gasteiger partial charge on any atom is -0.345 e. The van der Waals surface area contributed by atoms with Crippen molar-refractivity contribution in [2.75, 3.05) is 0 Å². The fourth-order valence-corrected chi connectivity index (χ4v) is 2.10. The van der Waals surface area contributed by atoms with Gasteiger partial charge in [0.25, 0.3) is 11.6 Å². The molecule has 2 N–H and O–H groups in total. The number of non-ortho nitro benzene ring substituents is 1. The molecule has 7 nitrogen and oxygen atoms in total. The molecule has 0 saturated carbocycles. The van der Waals surface area contributed by atoms with E-state index >= 15 is 0 Å². The third-order valence-electron chi connectivity index (χ3n) is 3.18. The molecule has 0 aliphatic rings. The van der Waals surface area contributed by atoms with Gasteiger partial charge in [0.15, 0.2) is 0 Å². The number of nitro benzene ring substituents is 1. The third kappa shape index (κ3) is 2.78. The summed E-state index contributed by atoms with van der Waals surface area (Å²) in [6.45, 7) is 0.218. The van der Waals surface area contributed by atoms with Gasteiger partial charge in [0.2, 0.25) is 0 Å². The number of fused-ring (bicyclic) bond motifs is 1. The van der Waals surface area contributed by atoms with E-state index in [1.165, 1.54) is 12.1 Å². The Morgan fingerprint density at radius 2 is 2.00 bits per heavy atom. The molecule has 7 heteroatoms. The summed E-state index contributed by atoms with van der Waals surface area (Å²) in [5.74, 6) is 0.340. The van der Waals surface area contributed by atoms with E-state index in [-0.39, 0.29) is 18.1 Å². The van der Waals surface area contributed by atoms with Gasteiger partial charge in [-0.1, -0.05) is 18.2 Å². The van der Waals surface area contributed by atoms with Crippen LogP contribution in [0.1, 0.15) is 16.2 Å². The summed E-state index contributed by atoms with van der Waals surface area (Å²) in [5.41, 5.74) is 1.75. The van der Waals surface area contributed by atoms with Crippen molar-refractivity contribution in [3.05, 3.63) is 70.0 Å². The van der Waals surface area contributed by atoms with Gasteiger partial charge in [-0.05, 0) is 18.2 Å². The van der Waals surface area contributed by atoms with Crippen molar-refractivity contribution >= 4 is 22.6 Å². The van der Waals surface area contributed by atoms with Crippen LogP contribution in [0.5, 0.6) is 0 Å². The average Bonchev–Trinajstić information content (AvgIpc) is 2.95. The number of nitrogens with zero attached hydrogens (tertiary/aromatic N) is 2. The number of carbonyl (C=O) groups is 1. The van der Waals surface area contributed by atoms with E-state index in [0.29, 0.717) is 22.4 Å². The van der Waals surface area contributed by atoms with Crippen LogP contribution in [0.4, 0.5) is 5.69 Å². The highest BCUT2D eigenvalue weighted by Crippen LogP contribution is 2.18. The van der Waals surface area contributed by atoms with Crippen LogP contribution in [0.2, 0.25) is 0 Å². The fraction of sp³-hybridized carbons (Fsp3) is 0.0667. The minimum atomic E-state index is -0.461. The van der Waals surface area contributed by atoms with Crippen LogP contribution in [-0.2, 0) is 6.54 Å². The number of carbonyl (C=O) groups excluding carboxylic acids is 1. The summed E-state index contributed by atoms with van der Waals surface area (Å²) in [5, 5.41) is 13.5. The number of nitro groups is 1. The number of hydrogen-bond acceptors (Lipinski definition) is 4. The number of rotatable bonds is 4. The van der Waals surface area contributed by atoms with Gasteiger partial charge in [-0.3, -0.25) is 14.9 Å². The number of H-pyrrole nitrogens is 1. The van der Waals surface area contributed by atoms with Gasteiger partial charge in [-0.2, -0.15) is 0 Å². The molecule has 3 rings (SSSR count). The Balaban J connectivity index is 1.74. The molecule has 2 aromatic carbocycles. The van der Waals surface area contributed by atoms with Gasteiger partial charge in [0, 0.05) is 17.7 Å². The molecule has 0 aliphatic heterocycles. The highest BCUT2D eigenvalue weighted by molar-refractivity contribution is 5.94. The maximum absolute atomic E-state index is 11.9. The second kappa shape index (κ2) is 5.65. The maximum Gasteiger partial charge on any atom is 0.271 e. The Labute approximate surface area is 125 Å². The second-order valence-electron chi connectivity index (χ2n) is 4.69. The van der Waals surface area contributed by atoms with Crippen LogP contribution in [0.25, 0.3) is 11.0 Å². The van der Waals surface area contributed by atoms with Crippen molar-refractivity contribution in [2.45, 2.75) is 6.54 Å². The summed E-state index contributed by atoms with van der Waals surface area (Å²) in [7, 11) is 0. The Morgan fingerprint density at radius 1 is 1.23 bits per heavy atom. The normalized spacial score (nSPS) is 10.5. The van der Waals surface area contributed by atoms with Crippen molar-refractivity contribution in [2.24, 2.45) is 0 Å². The maximum atomic E-state index is 11.9. The van der Waals surface area contributed by atoms with Gasteiger partial charge in [-0.15, -0.1) is 0 Å². The summed E-state index contributed by atoms with van der Waals surface area (Å²) in [6.07, 6.45) is 0. The molecule has 1 aromatic heterocycles. The standard InChI is InChI=1S/C15H12N4O3/c20-15(10-4-2-1-3-5-10)16-9-14-17-12-7-6-11(19(21)22)8-13(12)18-14/h1-8H,9H2,(H,16,20)(H,17,18). The molecule has 0 fully saturated rings. The van der Waals surface area contributed by atoms with E-state index in [1.54, 1.807) is 30.3 Å². The van der Waals surface area contributed by atoms with Crippen molar-refractivity contribution in [3.8, 4) is 0 Å². The van der Waals surface area contributed by atoms with Crippen LogP contribution in [0.15, 0.2) is 48.5 Å². The monoisotopic (exact) mass is 296 g/mol. The molecule has 22 heavy (non-hydrogen) atoms. The van der Waals surface area contributed by atoms with Crippen LogP contribution in [0.3, 0.4) is 0 Å². The highest BCUT2D eigenvalue weighted by Gasteiger charge is 2.10. The lowest BCUT2D eigenvalue weighted by Crippen LogP contribution is -2.23. The molecule has 0 atom stereocenters. The first-order chi connectivity index (χ1) is 10.6. The topological polar surface area (TPSA) is 101 Å². The largest absolute Gasteiger partial charge is 0.345 e. The number of aromatic nitrogens is 2. The number of benzene rings is 2. The summed E-state index contributed by atoms with van der Waals surface area (Å²) in [6, 6.07) is 13.2. The minimum absolute atomic E-state index is 0.00368. The van der Waals surface area contributed by atoms with Gasteiger partial charge in [0.1, 0.15) is 5.82 Å². The molecule has 0 unspecified atom stereocenters.